The summed E-state index contributed by atoms with van der Waals surface area (Å²) in [5.74, 6) is 0. The molecule has 1 aliphatic carbocycles. The van der Waals surface area contributed by atoms with Gasteiger partial charge in [0.1, 0.15) is 0 Å². The molecule has 2 N–H and O–H groups in total. The first-order valence-corrected chi connectivity index (χ1v) is 7.59. The van der Waals surface area contributed by atoms with E-state index in [1.165, 1.54) is 24.1 Å². The van der Waals surface area contributed by atoms with Gasteiger partial charge in [-0.15, -0.1) is 11.3 Å². The standard InChI is InChI=1S/C13H21ClN2S/c1-3-8-16(10-4-5-10)13(9(2)15)11-6-7-12(14)17-11/h6-7,9-10,13H,3-5,8,15H2,1-2H3. The van der Waals surface area contributed by atoms with Crippen molar-refractivity contribution in [1.82, 2.24) is 4.90 Å². The maximum atomic E-state index is 6.20. The molecule has 4 heteroatoms. The highest BCUT2D eigenvalue weighted by atomic mass is 35.5. The molecule has 1 aromatic rings. The second-order valence-corrected chi connectivity index (χ2v) is 6.66. The topological polar surface area (TPSA) is 29.3 Å². The molecule has 1 heterocycles. The van der Waals surface area contributed by atoms with E-state index in [4.69, 9.17) is 17.3 Å². The summed E-state index contributed by atoms with van der Waals surface area (Å²) in [4.78, 5) is 3.89. The second kappa shape index (κ2) is 5.70. The Kier molecular flexibility index (Phi) is 4.47. The van der Waals surface area contributed by atoms with Gasteiger partial charge in [0.05, 0.1) is 10.4 Å². The Bertz CT molecular complexity index is 360. The van der Waals surface area contributed by atoms with Gasteiger partial charge in [0.25, 0.3) is 0 Å². The van der Waals surface area contributed by atoms with Gasteiger partial charge in [-0.2, -0.15) is 0 Å². The third-order valence-electron chi connectivity index (χ3n) is 3.24. The zero-order valence-corrected chi connectivity index (χ0v) is 12.1. The molecule has 0 spiro atoms. The van der Waals surface area contributed by atoms with Gasteiger partial charge in [-0.1, -0.05) is 18.5 Å². The molecule has 0 bridgehead atoms. The van der Waals surface area contributed by atoms with E-state index < -0.39 is 0 Å². The summed E-state index contributed by atoms with van der Waals surface area (Å²) >= 11 is 7.71. The van der Waals surface area contributed by atoms with Crippen molar-refractivity contribution in [3.63, 3.8) is 0 Å². The molecular formula is C13H21ClN2S. The molecule has 0 aliphatic heterocycles. The van der Waals surface area contributed by atoms with Crippen molar-refractivity contribution in [2.75, 3.05) is 6.54 Å². The van der Waals surface area contributed by atoms with E-state index in [0.29, 0.717) is 6.04 Å². The second-order valence-electron chi connectivity index (χ2n) is 4.91. The van der Waals surface area contributed by atoms with Crippen LogP contribution in [0.5, 0.6) is 0 Å². The Morgan fingerprint density at radius 1 is 1.53 bits per heavy atom. The number of nitrogens with two attached hydrogens (primary N) is 1. The minimum atomic E-state index is 0.150. The lowest BCUT2D eigenvalue weighted by Crippen LogP contribution is -2.40. The number of rotatable bonds is 6. The van der Waals surface area contributed by atoms with E-state index in [1.54, 1.807) is 11.3 Å². The fourth-order valence-electron chi connectivity index (χ4n) is 2.42. The summed E-state index contributed by atoms with van der Waals surface area (Å²) < 4.78 is 0.859. The van der Waals surface area contributed by atoms with Gasteiger partial charge < -0.3 is 5.73 Å². The Morgan fingerprint density at radius 3 is 2.65 bits per heavy atom. The first-order valence-electron chi connectivity index (χ1n) is 6.40. The summed E-state index contributed by atoms with van der Waals surface area (Å²) in [5, 5.41) is 0. The van der Waals surface area contributed by atoms with Gasteiger partial charge >= 0.3 is 0 Å². The van der Waals surface area contributed by atoms with E-state index >= 15 is 0 Å². The van der Waals surface area contributed by atoms with Crippen LogP contribution in [-0.2, 0) is 0 Å². The van der Waals surface area contributed by atoms with Crippen molar-refractivity contribution in [2.24, 2.45) is 5.73 Å². The fraction of sp³-hybridized carbons (Fsp3) is 0.692. The fourth-order valence-corrected chi connectivity index (χ4v) is 3.72. The van der Waals surface area contributed by atoms with Crippen molar-refractivity contribution < 1.29 is 0 Å². The van der Waals surface area contributed by atoms with E-state index in [2.05, 4.69) is 24.8 Å². The lowest BCUT2D eigenvalue weighted by Gasteiger charge is -2.33. The van der Waals surface area contributed by atoms with Gasteiger partial charge in [-0.25, -0.2) is 0 Å². The smallest absolute Gasteiger partial charge is 0.0931 e. The summed E-state index contributed by atoms with van der Waals surface area (Å²) in [6.07, 6.45) is 3.82. The first-order chi connectivity index (χ1) is 8.13. The Labute approximate surface area is 113 Å². The lowest BCUT2D eigenvalue weighted by atomic mass is 10.1. The molecule has 1 fully saturated rings. The number of nitrogens with zero attached hydrogens (tertiary/aromatic N) is 1. The third-order valence-corrected chi connectivity index (χ3v) is 4.54. The Morgan fingerprint density at radius 2 is 2.24 bits per heavy atom. The predicted octanol–water partition coefficient (Wildman–Crippen LogP) is 3.66. The van der Waals surface area contributed by atoms with Crippen LogP contribution in [0.2, 0.25) is 4.34 Å². The number of halogens is 1. The molecule has 0 saturated heterocycles. The molecule has 1 saturated carbocycles. The molecule has 2 rings (SSSR count). The molecule has 0 aromatic carbocycles. The first kappa shape index (κ1) is 13.3. The van der Waals surface area contributed by atoms with Crippen molar-refractivity contribution in [3.05, 3.63) is 21.3 Å². The van der Waals surface area contributed by atoms with Gasteiger partial charge in [-0.3, -0.25) is 4.90 Å². The maximum Gasteiger partial charge on any atom is 0.0931 e. The van der Waals surface area contributed by atoms with Crippen LogP contribution >= 0.6 is 22.9 Å². The molecule has 0 amide bonds. The van der Waals surface area contributed by atoms with Gasteiger partial charge in [0.2, 0.25) is 0 Å². The summed E-state index contributed by atoms with van der Waals surface area (Å²) in [6, 6.07) is 5.34. The highest BCUT2D eigenvalue weighted by Crippen LogP contribution is 2.38. The predicted molar refractivity (Wildman–Crippen MR) is 75.7 cm³/mol. The quantitative estimate of drug-likeness (QED) is 0.856. The van der Waals surface area contributed by atoms with Crippen LogP contribution in [0.25, 0.3) is 0 Å². The number of hydrogen-bond acceptors (Lipinski definition) is 3. The monoisotopic (exact) mass is 272 g/mol. The molecular weight excluding hydrogens is 252 g/mol. The Balaban J connectivity index is 2.20. The van der Waals surface area contributed by atoms with Crippen LogP contribution in [0.1, 0.15) is 44.0 Å². The van der Waals surface area contributed by atoms with Gasteiger partial charge in [0, 0.05) is 17.0 Å². The number of hydrogen-bond donors (Lipinski definition) is 1. The molecule has 2 atom stereocenters. The third kappa shape index (κ3) is 3.22. The minimum Gasteiger partial charge on any atom is -0.326 e. The summed E-state index contributed by atoms with van der Waals surface area (Å²) in [7, 11) is 0. The van der Waals surface area contributed by atoms with Crippen LogP contribution in [0, 0.1) is 0 Å². The lowest BCUT2D eigenvalue weighted by molar-refractivity contribution is 0.169. The SMILES string of the molecule is CCCN(C1CC1)C(c1ccc(Cl)s1)C(C)N. The minimum absolute atomic E-state index is 0.150. The van der Waals surface area contributed by atoms with Crippen LogP contribution < -0.4 is 5.73 Å². The van der Waals surface area contributed by atoms with E-state index in [0.717, 1.165) is 16.9 Å². The highest BCUT2D eigenvalue weighted by Gasteiger charge is 2.36. The van der Waals surface area contributed by atoms with Crippen LogP contribution in [0.3, 0.4) is 0 Å². The van der Waals surface area contributed by atoms with E-state index in [-0.39, 0.29) is 6.04 Å². The van der Waals surface area contributed by atoms with Gasteiger partial charge in [0.15, 0.2) is 0 Å². The van der Waals surface area contributed by atoms with Gasteiger partial charge in [-0.05, 0) is 44.9 Å². The molecule has 0 radical (unpaired) electrons. The van der Waals surface area contributed by atoms with Crippen LogP contribution in [-0.4, -0.2) is 23.5 Å². The zero-order chi connectivity index (χ0) is 12.4. The average Bonchev–Trinajstić information content (AvgIpc) is 3.02. The molecule has 1 aliphatic rings. The molecule has 96 valence electrons. The zero-order valence-electron chi connectivity index (χ0n) is 10.5. The normalized spacial score (nSPS) is 19.6. The highest BCUT2D eigenvalue weighted by molar-refractivity contribution is 7.16. The molecule has 2 nitrogen and oxygen atoms in total. The molecule has 2 unspecified atom stereocenters. The maximum absolute atomic E-state index is 6.20. The largest absolute Gasteiger partial charge is 0.326 e. The van der Waals surface area contributed by atoms with E-state index in [9.17, 15) is 0 Å². The summed E-state index contributed by atoms with van der Waals surface area (Å²) in [5.41, 5.74) is 6.20. The molecule has 1 aromatic heterocycles. The Hall–Kier alpha value is -0.0900. The number of thiophene rings is 1. The van der Waals surface area contributed by atoms with E-state index in [1.807, 2.05) is 6.07 Å². The van der Waals surface area contributed by atoms with Crippen LogP contribution in [0.15, 0.2) is 12.1 Å². The molecule has 17 heavy (non-hydrogen) atoms. The summed E-state index contributed by atoms with van der Waals surface area (Å²) in [6.45, 7) is 5.46. The van der Waals surface area contributed by atoms with Crippen molar-refractivity contribution in [3.8, 4) is 0 Å². The van der Waals surface area contributed by atoms with Crippen molar-refractivity contribution >= 4 is 22.9 Å². The van der Waals surface area contributed by atoms with Crippen molar-refractivity contribution in [1.29, 1.82) is 0 Å². The van der Waals surface area contributed by atoms with Crippen molar-refractivity contribution in [2.45, 2.75) is 51.2 Å². The average molecular weight is 273 g/mol. The van der Waals surface area contributed by atoms with Crippen LogP contribution in [0.4, 0.5) is 0 Å².